The molecule has 0 fully saturated rings. The number of benzene rings is 2. The Balaban J connectivity index is 2.75. The molecule has 0 radical (unpaired) electrons. The van der Waals surface area contributed by atoms with E-state index < -0.39 is 0 Å². The van der Waals surface area contributed by atoms with Crippen molar-refractivity contribution in [3.63, 3.8) is 0 Å². The van der Waals surface area contributed by atoms with E-state index in [9.17, 15) is 0 Å². The van der Waals surface area contributed by atoms with Gasteiger partial charge < -0.3 is 21.4 Å². The van der Waals surface area contributed by atoms with Crippen molar-refractivity contribution in [2.75, 3.05) is 42.5 Å². The standard InChI is InChI=1S/C13H19N5/c1-17(2)10-6-4-9-8(12(10)14)5-7-11(13(9)15)18(3)16/h4-7H,14-16H2,1-3H3. The Labute approximate surface area is 107 Å². The van der Waals surface area contributed by atoms with Gasteiger partial charge in [0, 0.05) is 31.9 Å². The van der Waals surface area contributed by atoms with E-state index in [1.165, 1.54) is 5.01 Å². The van der Waals surface area contributed by atoms with Crippen molar-refractivity contribution < 1.29 is 0 Å². The van der Waals surface area contributed by atoms with Crippen LogP contribution < -0.4 is 27.2 Å². The molecule has 0 aliphatic rings. The van der Waals surface area contributed by atoms with Gasteiger partial charge in [-0.25, -0.2) is 5.84 Å². The lowest BCUT2D eigenvalue weighted by atomic mass is 10.0. The average molecular weight is 245 g/mol. The zero-order chi connectivity index (χ0) is 13.4. The first-order chi connectivity index (χ1) is 8.43. The molecule has 5 heteroatoms. The van der Waals surface area contributed by atoms with E-state index >= 15 is 0 Å². The van der Waals surface area contributed by atoms with E-state index in [0.29, 0.717) is 5.69 Å². The van der Waals surface area contributed by atoms with Crippen molar-refractivity contribution >= 4 is 33.5 Å². The molecule has 0 saturated heterocycles. The quantitative estimate of drug-likeness (QED) is 0.423. The summed E-state index contributed by atoms with van der Waals surface area (Å²) in [6, 6.07) is 7.78. The molecule has 0 aliphatic heterocycles. The van der Waals surface area contributed by atoms with Crippen molar-refractivity contribution in [2.45, 2.75) is 0 Å². The molecule has 18 heavy (non-hydrogen) atoms. The molecule has 5 nitrogen and oxygen atoms in total. The Morgan fingerprint density at radius 3 is 1.67 bits per heavy atom. The van der Waals surface area contributed by atoms with E-state index in [1.54, 1.807) is 7.05 Å². The highest BCUT2D eigenvalue weighted by Gasteiger charge is 2.11. The Bertz CT molecular complexity index is 536. The minimum Gasteiger partial charge on any atom is -0.397 e. The summed E-state index contributed by atoms with van der Waals surface area (Å²) in [5.41, 5.74) is 15.4. The Kier molecular flexibility index (Phi) is 2.92. The second kappa shape index (κ2) is 4.27. The van der Waals surface area contributed by atoms with Crippen LogP contribution in [0, 0.1) is 0 Å². The minimum atomic E-state index is 0.648. The van der Waals surface area contributed by atoms with Crippen molar-refractivity contribution in [1.82, 2.24) is 0 Å². The van der Waals surface area contributed by atoms with E-state index in [-0.39, 0.29) is 0 Å². The van der Waals surface area contributed by atoms with Crippen LogP contribution in [0.3, 0.4) is 0 Å². The summed E-state index contributed by atoms with van der Waals surface area (Å²) in [5, 5.41) is 3.38. The van der Waals surface area contributed by atoms with Crippen molar-refractivity contribution in [3.05, 3.63) is 24.3 Å². The summed E-state index contributed by atoms with van der Waals surface area (Å²) < 4.78 is 0. The van der Waals surface area contributed by atoms with Gasteiger partial charge in [-0.15, -0.1) is 0 Å². The Morgan fingerprint density at radius 1 is 0.778 bits per heavy atom. The van der Waals surface area contributed by atoms with Crippen LogP contribution in [0.15, 0.2) is 24.3 Å². The SMILES string of the molecule is CN(C)c1ccc2c(N)c(N(C)N)ccc2c1N. The lowest BCUT2D eigenvalue weighted by molar-refractivity contribution is 1.02. The van der Waals surface area contributed by atoms with Gasteiger partial charge in [0.25, 0.3) is 0 Å². The fourth-order valence-corrected chi connectivity index (χ4v) is 2.13. The van der Waals surface area contributed by atoms with Gasteiger partial charge in [-0.05, 0) is 18.2 Å². The molecule has 0 saturated carbocycles. The molecule has 0 aliphatic carbocycles. The molecule has 96 valence electrons. The molecule has 2 rings (SSSR count). The van der Waals surface area contributed by atoms with Gasteiger partial charge in [-0.2, -0.15) is 0 Å². The topological polar surface area (TPSA) is 84.5 Å². The number of hydrogen-bond donors (Lipinski definition) is 3. The van der Waals surface area contributed by atoms with Crippen LogP contribution in [-0.2, 0) is 0 Å². The maximum atomic E-state index is 6.17. The molecule has 0 unspecified atom stereocenters. The summed E-state index contributed by atoms with van der Waals surface area (Å²) in [7, 11) is 5.68. The number of fused-ring (bicyclic) bond motifs is 1. The summed E-state index contributed by atoms with van der Waals surface area (Å²) >= 11 is 0. The average Bonchev–Trinajstić information content (AvgIpc) is 2.29. The van der Waals surface area contributed by atoms with Gasteiger partial charge in [0.05, 0.1) is 22.7 Å². The Morgan fingerprint density at radius 2 is 1.22 bits per heavy atom. The monoisotopic (exact) mass is 245 g/mol. The van der Waals surface area contributed by atoms with Gasteiger partial charge in [-0.3, -0.25) is 0 Å². The molecule has 0 atom stereocenters. The molecular weight excluding hydrogens is 226 g/mol. The van der Waals surface area contributed by atoms with E-state index in [2.05, 4.69) is 0 Å². The molecule has 0 heterocycles. The van der Waals surface area contributed by atoms with Crippen LogP contribution >= 0.6 is 0 Å². The number of nitrogen functional groups attached to an aromatic ring is 2. The highest BCUT2D eigenvalue weighted by Crippen LogP contribution is 2.36. The normalized spacial score (nSPS) is 10.7. The zero-order valence-corrected chi connectivity index (χ0v) is 10.9. The van der Waals surface area contributed by atoms with Crippen molar-refractivity contribution in [2.24, 2.45) is 5.84 Å². The van der Waals surface area contributed by atoms with Gasteiger partial charge >= 0.3 is 0 Å². The first kappa shape index (κ1) is 12.3. The molecular formula is C13H19N5. The number of hydrazine groups is 1. The maximum absolute atomic E-state index is 6.17. The number of rotatable bonds is 2. The molecule has 0 amide bonds. The first-order valence-electron chi connectivity index (χ1n) is 5.70. The predicted molar refractivity (Wildman–Crippen MR) is 79.7 cm³/mol. The van der Waals surface area contributed by atoms with E-state index in [4.69, 9.17) is 17.3 Å². The lowest BCUT2D eigenvalue weighted by Crippen LogP contribution is -2.26. The van der Waals surface area contributed by atoms with Crippen LogP contribution in [0.4, 0.5) is 22.7 Å². The van der Waals surface area contributed by atoms with Gasteiger partial charge in [-0.1, -0.05) is 6.07 Å². The number of nitrogens with two attached hydrogens (primary N) is 3. The Hall–Kier alpha value is -2.14. The lowest BCUT2D eigenvalue weighted by Gasteiger charge is -2.20. The molecule has 0 spiro atoms. The smallest absolute Gasteiger partial charge is 0.0749 e. The zero-order valence-electron chi connectivity index (χ0n) is 10.9. The highest BCUT2D eigenvalue weighted by atomic mass is 15.4. The van der Waals surface area contributed by atoms with Crippen LogP contribution in [0.2, 0.25) is 0 Å². The fraction of sp³-hybridized carbons (Fsp3) is 0.231. The van der Waals surface area contributed by atoms with Crippen LogP contribution in [0.5, 0.6) is 0 Å². The summed E-state index contributed by atoms with van der Waals surface area (Å²) in [6.07, 6.45) is 0. The first-order valence-corrected chi connectivity index (χ1v) is 5.70. The maximum Gasteiger partial charge on any atom is 0.0749 e. The second-order valence-electron chi connectivity index (χ2n) is 4.60. The van der Waals surface area contributed by atoms with E-state index in [1.807, 2.05) is 43.3 Å². The van der Waals surface area contributed by atoms with Crippen molar-refractivity contribution in [3.8, 4) is 0 Å². The number of anilines is 4. The second-order valence-corrected chi connectivity index (χ2v) is 4.60. The number of hydrogen-bond acceptors (Lipinski definition) is 5. The molecule has 2 aromatic rings. The predicted octanol–water partition coefficient (Wildman–Crippen LogP) is 1.38. The van der Waals surface area contributed by atoms with Crippen molar-refractivity contribution in [1.29, 1.82) is 0 Å². The molecule has 2 aromatic carbocycles. The van der Waals surface area contributed by atoms with Gasteiger partial charge in [0.2, 0.25) is 0 Å². The summed E-state index contributed by atoms with van der Waals surface area (Å²) in [4.78, 5) is 1.98. The largest absolute Gasteiger partial charge is 0.397 e. The van der Waals surface area contributed by atoms with Gasteiger partial charge in [0.1, 0.15) is 0 Å². The van der Waals surface area contributed by atoms with Gasteiger partial charge in [0.15, 0.2) is 0 Å². The third-order valence-electron chi connectivity index (χ3n) is 3.10. The molecule has 0 bridgehead atoms. The molecule has 0 aromatic heterocycles. The third kappa shape index (κ3) is 1.78. The minimum absolute atomic E-state index is 0.648. The summed E-state index contributed by atoms with van der Waals surface area (Å²) in [5.74, 6) is 5.74. The molecule has 6 N–H and O–H groups in total. The highest BCUT2D eigenvalue weighted by molar-refractivity contribution is 6.07. The van der Waals surface area contributed by atoms with Crippen LogP contribution in [-0.4, -0.2) is 21.1 Å². The van der Waals surface area contributed by atoms with E-state index in [0.717, 1.165) is 27.8 Å². The fourth-order valence-electron chi connectivity index (χ4n) is 2.13. The summed E-state index contributed by atoms with van der Waals surface area (Å²) in [6.45, 7) is 0. The third-order valence-corrected chi connectivity index (χ3v) is 3.10. The van der Waals surface area contributed by atoms with Crippen LogP contribution in [0.1, 0.15) is 0 Å². The number of nitrogens with zero attached hydrogens (tertiary/aromatic N) is 2. The van der Waals surface area contributed by atoms with Crippen LogP contribution in [0.25, 0.3) is 10.8 Å².